The molecule has 10 heteroatoms. The second kappa shape index (κ2) is 12.9. The van der Waals surface area contributed by atoms with Gasteiger partial charge in [-0.2, -0.15) is 13.4 Å². The lowest BCUT2D eigenvalue weighted by Gasteiger charge is -2.23. The van der Waals surface area contributed by atoms with Crippen molar-refractivity contribution in [1.29, 1.82) is 0 Å². The average Bonchev–Trinajstić information content (AvgIpc) is 3.38. The molecule has 3 heterocycles. The second-order valence-electron chi connectivity index (χ2n) is 14.0. The number of amides is 1. The van der Waals surface area contributed by atoms with E-state index in [9.17, 15) is 13.6 Å². The zero-order valence-corrected chi connectivity index (χ0v) is 27.9. The van der Waals surface area contributed by atoms with Crippen molar-refractivity contribution in [2.24, 2.45) is 5.73 Å². The van der Waals surface area contributed by atoms with Crippen LogP contribution >= 0.6 is 0 Å². The monoisotopic (exact) mass is 651 g/mol. The number of benzene rings is 3. The maximum absolute atomic E-state index is 13.9. The third-order valence-corrected chi connectivity index (χ3v) is 8.22. The smallest absolute Gasteiger partial charge is 0.387 e. The summed E-state index contributed by atoms with van der Waals surface area (Å²) >= 11 is 0. The van der Waals surface area contributed by atoms with Gasteiger partial charge in [0.1, 0.15) is 23.4 Å². The van der Waals surface area contributed by atoms with Crippen LogP contribution in [-0.4, -0.2) is 55.0 Å². The van der Waals surface area contributed by atoms with E-state index < -0.39 is 12.2 Å². The van der Waals surface area contributed by atoms with Crippen molar-refractivity contribution in [3.63, 3.8) is 0 Å². The summed E-state index contributed by atoms with van der Waals surface area (Å²) in [5.41, 5.74) is 11.7. The summed E-state index contributed by atoms with van der Waals surface area (Å²) in [6.45, 7) is 7.46. The molecule has 5 aromatic rings. The van der Waals surface area contributed by atoms with E-state index in [0.29, 0.717) is 29.0 Å². The largest absolute Gasteiger partial charge is 0.435 e. The lowest BCUT2D eigenvalue weighted by atomic mass is 9.95. The molecular weight excluding hydrogens is 610 g/mol. The topological polar surface area (TPSA) is 98.1 Å². The number of hydrogen-bond donors (Lipinski definition) is 2. The summed E-state index contributed by atoms with van der Waals surface area (Å²) in [6, 6.07) is 24.8. The van der Waals surface area contributed by atoms with E-state index in [1.54, 1.807) is 24.4 Å². The van der Waals surface area contributed by atoms with Gasteiger partial charge in [0.2, 0.25) is 11.4 Å². The molecule has 48 heavy (non-hydrogen) atoms. The van der Waals surface area contributed by atoms with Gasteiger partial charge in [-0.25, -0.2) is 9.97 Å². The summed E-state index contributed by atoms with van der Waals surface area (Å²) in [6.07, 6.45) is 5.10. The number of halogens is 2. The molecule has 1 aliphatic rings. The van der Waals surface area contributed by atoms with Gasteiger partial charge < -0.3 is 20.4 Å². The molecule has 1 amide bonds. The van der Waals surface area contributed by atoms with Crippen LogP contribution < -0.4 is 15.8 Å². The number of hydrogen-bond acceptors (Lipinski definition) is 5. The van der Waals surface area contributed by atoms with Crippen LogP contribution in [0.25, 0.3) is 11.2 Å². The Morgan fingerprint density at radius 3 is 2.21 bits per heavy atom. The molecule has 0 atom stereocenters. The molecule has 0 bridgehead atoms. The highest BCUT2D eigenvalue weighted by atomic mass is 19.3. The first-order valence-electron chi connectivity index (χ1n) is 16.1. The molecule has 2 aromatic heterocycles. The molecule has 0 saturated heterocycles. The molecule has 0 spiro atoms. The van der Waals surface area contributed by atoms with Gasteiger partial charge in [0.25, 0.3) is 5.91 Å². The predicted molar refractivity (Wildman–Crippen MR) is 183 cm³/mol. The van der Waals surface area contributed by atoms with E-state index in [-0.39, 0.29) is 23.2 Å². The minimum absolute atomic E-state index is 0.0583. The first-order chi connectivity index (χ1) is 22.8. The number of rotatable bonds is 11. The van der Waals surface area contributed by atoms with E-state index in [1.807, 2.05) is 81.8 Å². The number of fused-ring (bicyclic) bond motifs is 2. The molecule has 0 aliphatic carbocycles. The molecule has 8 nitrogen and oxygen atoms in total. The Morgan fingerprint density at radius 1 is 0.979 bits per heavy atom. The van der Waals surface area contributed by atoms with Gasteiger partial charge in [-0.15, -0.1) is 0 Å². The van der Waals surface area contributed by atoms with E-state index in [4.69, 9.17) is 20.4 Å². The first kappa shape index (κ1) is 33.0. The number of alkyl halides is 2. The SMILES string of the molecule is CC(C)(N)CCC[N+]1=C(c2cnc3c(n2)c(C(=O)NC(C)(C)C)cn3C(c2ccccc2)c2ccccc2)c2cc(OC(F)F)ccc21. The van der Waals surface area contributed by atoms with Gasteiger partial charge in [-0.3, -0.25) is 4.79 Å². The summed E-state index contributed by atoms with van der Waals surface area (Å²) in [5, 5.41) is 3.09. The number of nitrogens with one attached hydrogen (secondary N) is 1. The fourth-order valence-corrected chi connectivity index (χ4v) is 6.21. The van der Waals surface area contributed by atoms with Gasteiger partial charge in [-0.1, -0.05) is 60.7 Å². The minimum Gasteiger partial charge on any atom is -0.435 e. The minimum atomic E-state index is -2.95. The highest BCUT2D eigenvalue weighted by Crippen LogP contribution is 2.37. The number of aromatic nitrogens is 3. The second-order valence-corrected chi connectivity index (χ2v) is 14.0. The average molecular weight is 652 g/mol. The molecule has 3 aromatic carbocycles. The normalized spacial score (nSPS) is 13.2. The van der Waals surface area contributed by atoms with Gasteiger partial charge >= 0.3 is 6.61 Å². The lowest BCUT2D eigenvalue weighted by Crippen LogP contribution is -2.40. The Hall–Kier alpha value is -4.96. The number of nitrogens with zero attached hydrogens (tertiary/aromatic N) is 4. The molecule has 1 aliphatic heterocycles. The number of ether oxygens (including phenoxy) is 1. The van der Waals surface area contributed by atoms with Crippen LogP contribution in [-0.2, 0) is 0 Å². The van der Waals surface area contributed by atoms with Gasteiger partial charge in [0.15, 0.2) is 11.3 Å². The number of nitrogens with two attached hydrogens (primary N) is 1. The number of carbonyl (C=O) groups excluding carboxylic acids is 1. The molecule has 3 N–H and O–H groups in total. The Bertz CT molecular complexity index is 1940. The zero-order valence-electron chi connectivity index (χ0n) is 27.9. The van der Waals surface area contributed by atoms with E-state index >= 15 is 0 Å². The highest BCUT2D eigenvalue weighted by molar-refractivity contribution is 6.16. The Morgan fingerprint density at radius 2 is 1.62 bits per heavy atom. The lowest BCUT2D eigenvalue weighted by molar-refractivity contribution is -0.452. The van der Waals surface area contributed by atoms with Crippen LogP contribution in [0.5, 0.6) is 5.75 Å². The maximum atomic E-state index is 13.9. The maximum Gasteiger partial charge on any atom is 0.387 e. The Labute approximate surface area is 279 Å². The Balaban J connectivity index is 1.53. The quantitative estimate of drug-likeness (QED) is 0.147. The van der Waals surface area contributed by atoms with Crippen LogP contribution in [0, 0.1) is 0 Å². The van der Waals surface area contributed by atoms with Crippen LogP contribution in [0.1, 0.15) is 86.2 Å². The molecular formula is C38H41F2N6O2+. The summed E-state index contributed by atoms with van der Waals surface area (Å²) in [4.78, 5) is 23.9. The van der Waals surface area contributed by atoms with E-state index in [1.165, 1.54) is 0 Å². The highest BCUT2D eigenvalue weighted by Gasteiger charge is 2.39. The van der Waals surface area contributed by atoms with Crippen LogP contribution in [0.3, 0.4) is 0 Å². The van der Waals surface area contributed by atoms with Gasteiger partial charge in [-0.05, 0) is 58.2 Å². The van der Waals surface area contributed by atoms with Crippen molar-refractivity contribution in [1.82, 2.24) is 19.9 Å². The fraction of sp³-hybridized carbons (Fsp3) is 0.316. The van der Waals surface area contributed by atoms with Crippen LogP contribution in [0.2, 0.25) is 0 Å². The summed E-state index contributed by atoms with van der Waals surface area (Å²) < 4.78 is 35.2. The summed E-state index contributed by atoms with van der Waals surface area (Å²) in [7, 11) is 0. The number of carbonyl (C=O) groups is 1. The Kier molecular flexibility index (Phi) is 8.87. The summed E-state index contributed by atoms with van der Waals surface area (Å²) in [5.74, 6) is -0.214. The van der Waals surface area contributed by atoms with Crippen LogP contribution in [0.4, 0.5) is 14.5 Å². The van der Waals surface area contributed by atoms with Crippen molar-refractivity contribution in [3.05, 3.63) is 119 Å². The zero-order chi connectivity index (χ0) is 34.2. The van der Waals surface area contributed by atoms with Gasteiger partial charge in [0.05, 0.1) is 17.8 Å². The van der Waals surface area contributed by atoms with E-state index in [2.05, 4.69) is 34.2 Å². The molecule has 248 valence electrons. The molecule has 0 radical (unpaired) electrons. The van der Waals surface area contributed by atoms with Crippen molar-refractivity contribution in [2.45, 2.75) is 71.2 Å². The third kappa shape index (κ3) is 6.99. The fourth-order valence-electron chi connectivity index (χ4n) is 6.21. The molecule has 0 fully saturated rings. The molecule has 0 unspecified atom stereocenters. The standard InChI is InChI=1S/C38H40F2N6O2/c1-37(2,3)44-35(47)28-23-46(32(24-13-8-6-9-14-24)25-15-10-7-11-16-25)34-31(28)43-29(22-42-34)33-27-21-26(48-36(39)40)17-18-30(27)45(33)20-12-19-38(4,5)41/h6-11,13-18,21-23,32,36H,12,19-20,41H2,1-5H3/p+1. The molecule has 0 saturated carbocycles. The van der Waals surface area contributed by atoms with Crippen LogP contribution in [0.15, 0.2) is 91.3 Å². The first-order valence-corrected chi connectivity index (χ1v) is 16.1. The van der Waals surface area contributed by atoms with E-state index in [0.717, 1.165) is 40.9 Å². The third-order valence-electron chi connectivity index (χ3n) is 8.22. The van der Waals surface area contributed by atoms with Crippen molar-refractivity contribution in [3.8, 4) is 5.75 Å². The molecule has 6 rings (SSSR count). The predicted octanol–water partition coefficient (Wildman–Crippen LogP) is 7.21. The van der Waals surface area contributed by atoms with Gasteiger partial charge in [0, 0.05) is 35.8 Å². The van der Waals surface area contributed by atoms with Crippen molar-refractivity contribution in [2.75, 3.05) is 6.54 Å². The van der Waals surface area contributed by atoms with Crippen molar-refractivity contribution < 1.29 is 22.9 Å². The van der Waals surface area contributed by atoms with Crippen molar-refractivity contribution >= 4 is 28.5 Å².